The SMILES string of the molecule is CCCCC/C=C\C[C@H]1OCO[C@@H]1/C=C/[C@H]1C/C=C\CCCC(=O)O1. The molecule has 1 fully saturated rings. The maximum atomic E-state index is 11.8. The summed E-state index contributed by atoms with van der Waals surface area (Å²) < 4.78 is 16.8. The van der Waals surface area contributed by atoms with Gasteiger partial charge in [0.05, 0.1) is 6.10 Å². The van der Waals surface area contributed by atoms with Crippen LogP contribution in [0.3, 0.4) is 0 Å². The zero-order valence-corrected chi connectivity index (χ0v) is 15.4. The van der Waals surface area contributed by atoms with E-state index in [1.807, 2.05) is 12.2 Å². The molecule has 2 heterocycles. The third kappa shape index (κ3) is 8.02. The Hall–Kier alpha value is -1.39. The molecule has 2 rings (SSSR count). The highest BCUT2D eigenvalue weighted by atomic mass is 16.7. The molecule has 0 radical (unpaired) electrons. The summed E-state index contributed by atoms with van der Waals surface area (Å²) >= 11 is 0. The molecule has 2 aliphatic rings. The summed E-state index contributed by atoms with van der Waals surface area (Å²) in [7, 11) is 0. The minimum Gasteiger partial charge on any atom is -0.458 e. The number of hydrogen-bond donors (Lipinski definition) is 0. The molecule has 0 saturated carbocycles. The number of carbonyl (C=O) groups excluding carboxylic acids is 1. The molecule has 0 N–H and O–H groups in total. The Labute approximate surface area is 151 Å². The molecule has 4 nitrogen and oxygen atoms in total. The summed E-state index contributed by atoms with van der Waals surface area (Å²) in [5, 5.41) is 0. The van der Waals surface area contributed by atoms with E-state index in [9.17, 15) is 4.79 Å². The fraction of sp³-hybridized carbons (Fsp3) is 0.667. The van der Waals surface area contributed by atoms with Crippen molar-refractivity contribution in [3.63, 3.8) is 0 Å². The monoisotopic (exact) mass is 348 g/mol. The zero-order valence-electron chi connectivity index (χ0n) is 15.4. The highest BCUT2D eigenvalue weighted by molar-refractivity contribution is 5.69. The summed E-state index contributed by atoms with van der Waals surface area (Å²) in [4.78, 5) is 11.8. The first-order valence-electron chi connectivity index (χ1n) is 9.70. The predicted octanol–water partition coefficient (Wildman–Crippen LogP) is 4.85. The smallest absolute Gasteiger partial charge is 0.306 e. The Bertz CT molecular complexity index is 467. The molecule has 1 saturated heterocycles. The maximum absolute atomic E-state index is 11.8. The molecular weight excluding hydrogens is 316 g/mol. The zero-order chi connectivity index (χ0) is 17.7. The topological polar surface area (TPSA) is 44.8 Å². The van der Waals surface area contributed by atoms with Crippen molar-refractivity contribution in [3.05, 3.63) is 36.5 Å². The highest BCUT2D eigenvalue weighted by Gasteiger charge is 2.26. The Kier molecular flexibility index (Phi) is 9.60. The number of rotatable bonds is 8. The van der Waals surface area contributed by atoms with Gasteiger partial charge >= 0.3 is 5.97 Å². The Morgan fingerprint density at radius 1 is 1.16 bits per heavy atom. The third-order valence-corrected chi connectivity index (χ3v) is 4.50. The van der Waals surface area contributed by atoms with Gasteiger partial charge in [0.2, 0.25) is 0 Å². The van der Waals surface area contributed by atoms with Crippen LogP contribution < -0.4 is 0 Å². The van der Waals surface area contributed by atoms with Gasteiger partial charge in [-0.3, -0.25) is 4.79 Å². The second-order valence-electron chi connectivity index (χ2n) is 6.67. The van der Waals surface area contributed by atoms with Gasteiger partial charge in [-0.05, 0) is 38.2 Å². The molecule has 0 spiro atoms. The number of unbranched alkanes of at least 4 members (excludes halogenated alkanes) is 3. The quantitative estimate of drug-likeness (QED) is 0.357. The molecule has 0 amide bonds. The molecule has 0 aliphatic carbocycles. The van der Waals surface area contributed by atoms with Crippen molar-refractivity contribution >= 4 is 5.97 Å². The van der Waals surface area contributed by atoms with Crippen molar-refractivity contribution in [1.82, 2.24) is 0 Å². The largest absolute Gasteiger partial charge is 0.458 e. The van der Waals surface area contributed by atoms with Crippen LogP contribution in [0.15, 0.2) is 36.5 Å². The van der Waals surface area contributed by atoms with Gasteiger partial charge in [0.25, 0.3) is 0 Å². The van der Waals surface area contributed by atoms with E-state index in [0.717, 1.165) is 32.1 Å². The van der Waals surface area contributed by atoms with E-state index in [-0.39, 0.29) is 24.3 Å². The summed E-state index contributed by atoms with van der Waals surface area (Å²) in [6, 6.07) is 0. The van der Waals surface area contributed by atoms with Gasteiger partial charge in [0, 0.05) is 12.8 Å². The van der Waals surface area contributed by atoms with Crippen LogP contribution in [-0.2, 0) is 19.0 Å². The van der Waals surface area contributed by atoms with E-state index in [4.69, 9.17) is 14.2 Å². The number of esters is 1. The number of carbonyl (C=O) groups is 1. The Balaban J connectivity index is 1.80. The molecule has 140 valence electrons. The number of allylic oxidation sites excluding steroid dienone is 2. The van der Waals surface area contributed by atoms with Crippen LogP contribution in [0.4, 0.5) is 0 Å². The van der Waals surface area contributed by atoms with Crippen molar-refractivity contribution in [2.24, 2.45) is 0 Å². The van der Waals surface area contributed by atoms with Crippen LogP contribution in [0.25, 0.3) is 0 Å². The Morgan fingerprint density at radius 2 is 2.08 bits per heavy atom. The van der Waals surface area contributed by atoms with Gasteiger partial charge in [-0.15, -0.1) is 0 Å². The van der Waals surface area contributed by atoms with Crippen LogP contribution in [0.1, 0.15) is 64.7 Å². The first-order chi connectivity index (χ1) is 12.3. The maximum Gasteiger partial charge on any atom is 0.306 e. The molecule has 4 heteroatoms. The van der Waals surface area contributed by atoms with Crippen molar-refractivity contribution in [1.29, 1.82) is 0 Å². The second-order valence-corrected chi connectivity index (χ2v) is 6.67. The first-order valence-corrected chi connectivity index (χ1v) is 9.70. The van der Waals surface area contributed by atoms with Gasteiger partial charge in [-0.1, -0.05) is 50.1 Å². The van der Waals surface area contributed by atoms with Gasteiger partial charge in [-0.2, -0.15) is 0 Å². The molecule has 3 atom stereocenters. The van der Waals surface area contributed by atoms with E-state index in [0.29, 0.717) is 13.2 Å². The lowest BCUT2D eigenvalue weighted by Crippen LogP contribution is -2.21. The molecule has 0 bridgehead atoms. The van der Waals surface area contributed by atoms with Crippen molar-refractivity contribution < 1.29 is 19.0 Å². The molecule has 0 aromatic carbocycles. The van der Waals surface area contributed by atoms with Crippen LogP contribution in [0.5, 0.6) is 0 Å². The summed E-state index contributed by atoms with van der Waals surface area (Å²) in [6.07, 6.45) is 21.1. The van der Waals surface area contributed by atoms with Crippen LogP contribution in [0, 0.1) is 0 Å². The fourth-order valence-electron chi connectivity index (χ4n) is 2.99. The predicted molar refractivity (Wildman–Crippen MR) is 99.1 cm³/mol. The number of ether oxygens (including phenoxy) is 3. The van der Waals surface area contributed by atoms with Crippen molar-refractivity contribution in [2.45, 2.75) is 83.0 Å². The Morgan fingerprint density at radius 3 is 2.96 bits per heavy atom. The lowest BCUT2D eigenvalue weighted by molar-refractivity contribution is -0.146. The summed E-state index contributed by atoms with van der Waals surface area (Å²) in [6.45, 7) is 2.54. The van der Waals surface area contributed by atoms with E-state index in [2.05, 4.69) is 31.2 Å². The van der Waals surface area contributed by atoms with Gasteiger partial charge < -0.3 is 14.2 Å². The number of hydrogen-bond acceptors (Lipinski definition) is 4. The summed E-state index contributed by atoms with van der Waals surface area (Å²) in [5.74, 6) is -0.117. The van der Waals surface area contributed by atoms with Crippen LogP contribution in [0.2, 0.25) is 0 Å². The van der Waals surface area contributed by atoms with Crippen molar-refractivity contribution in [2.75, 3.05) is 6.79 Å². The van der Waals surface area contributed by atoms with Gasteiger partial charge in [0.1, 0.15) is 19.0 Å². The molecule has 0 aromatic heterocycles. The molecular formula is C21H32O4. The normalized spacial score (nSPS) is 29.5. The first kappa shape index (κ1) is 19.9. The fourth-order valence-corrected chi connectivity index (χ4v) is 2.99. The lowest BCUT2D eigenvalue weighted by atomic mass is 10.1. The van der Waals surface area contributed by atoms with Crippen LogP contribution in [-0.4, -0.2) is 31.1 Å². The van der Waals surface area contributed by atoms with Crippen molar-refractivity contribution in [3.8, 4) is 0 Å². The minimum atomic E-state index is -0.212. The second kappa shape index (κ2) is 12.0. The van der Waals surface area contributed by atoms with E-state index < -0.39 is 0 Å². The average Bonchev–Trinajstić information content (AvgIpc) is 3.08. The standard InChI is InChI=1S/C21H32O4/c1-2-3-4-5-6-10-13-19-20(24-17-23-19)16-15-18-12-9-7-8-11-14-21(22)25-18/h6-7,9-10,15-16,18-20H,2-5,8,11-14,17H2,1H3/b9-7-,10-6-,16-15+/t18-,19-,20-/m1/s1. The van der Waals surface area contributed by atoms with E-state index >= 15 is 0 Å². The van der Waals surface area contributed by atoms with Gasteiger partial charge in [0.15, 0.2) is 0 Å². The lowest BCUT2D eigenvalue weighted by Gasteiger charge is -2.15. The van der Waals surface area contributed by atoms with E-state index in [1.165, 1.54) is 19.3 Å². The molecule has 25 heavy (non-hydrogen) atoms. The van der Waals surface area contributed by atoms with Crippen LogP contribution >= 0.6 is 0 Å². The molecule has 2 aliphatic heterocycles. The molecule has 0 aromatic rings. The highest BCUT2D eigenvalue weighted by Crippen LogP contribution is 2.19. The minimum absolute atomic E-state index is 0.0428. The number of cyclic esters (lactones) is 1. The third-order valence-electron chi connectivity index (χ3n) is 4.50. The summed E-state index contributed by atoms with van der Waals surface area (Å²) in [5.41, 5.74) is 0. The van der Waals surface area contributed by atoms with E-state index in [1.54, 1.807) is 0 Å². The average molecular weight is 348 g/mol. The molecule has 0 unspecified atom stereocenters. The van der Waals surface area contributed by atoms with Gasteiger partial charge in [-0.25, -0.2) is 0 Å².